The van der Waals surface area contributed by atoms with E-state index in [0.717, 1.165) is 32.3 Å². The second-order valence-electron chi connectivity index (χ2n) is 7.79. The minimum Gasteiger partial charge on any atom is -0.464 e. The second-order valence-corrected chi connectivity index (χ2v) is 7.79. The summed E-state index contributed by atoms with van der Waals surface area (Å²) in [6.45, 7) is 6.62. The first kappa shape index (κ1) is 23.9. The fourth-order valence-corrected chi connectivity index (χ4v) is 3.77. The Balaban J connectivity index is 2.01. The maximum atomic E-state index is 11.6. The fourth-order valence-electron chi connectivity index (χ4n) is 3.77. The van der Waals surface area contributed by atoms with Crippen molar-refractivity contribution in [3.8, 4) is 0 Å². The lowest BCUT2D eigenvalue weighted by Gasteiger charge is -2.27. The predicted molar refractivity (Wildman–Crippen MR) is 113 cm³/mol. The van der Waals surface area contributed by atoms with Crippen LogP contribution in [0.4, 0.5) is 0 Å². The zero-order valence-corrected chi connectivity index (χ0v) is 17.7. The van der Waals surface area contributed by atoms with E-state index < -0.39 is 5.97 Å². The average molecular weight is 380 g/mol. The van der Waals surface area contributed by atoms with E-state index in [1.165, 1.54) is 71.3 Å². The van der Waals surface area contributed by atoms with Gasteiger partial charge in [0.25, 0.3) is 0 Å². The molecule has 1 fully saturated rings. The van der Waals surface area contributed by atoms with Gasteiger partial charge in [-0.3, -0.25) is 4.99 Å². The van der Waals surface area contributed by atoms with E-state index in [4.69, 9.17) is 9.47 Å². The van der Waals surface area contributed by atoms with Crippen LogP contribution in [-0.4, -0.2) is 32.5 Å². The van der Waals surface area contributed by atoms with Crippen LogP contribution in [-0.2, 0) is 14.3 Å². The van der Waals surface area contributed by atoms with Gasteiger partial charge in [-0.15, -0.1) is 0 Å². The summed E-state index contributed by atoms with van der Waals surface area (Å²) in [4.78, 5) is 15.3. The molecule has 0 atom stereocenters. The Labute approximate surface area is 166 Å². The van der Waals surface area contributed by atoms with E-state index in [0.29, 0.717) is 17.7 Å². The van der Waals surface area contributed by atoms with Crippen LogP contribution in [0.3, 0.4) is 0 Å². The molecule has 0 aliphatic heterocycles. The van der Waals surface area contributed by atoms with Gasteiger partial charge in [-0.05, 0) is 50.8 Å². The number of carbonyl (C=O) groups is 1. The summed E-state index contributed by atoms with van der Waals surface area (Å²) in [5.41, 5.74) is 0.340. The molecule has 0 saturated heterocycles. The molecule has 4 heteroatoms. The molecule has 0 radical (unpaired) electrons. The van der Waals surface area contributed by atoms with Crippen molar-refractivity contribution in [2.45, 2.75) is 103 Å². The number of ether oxygens (including phenoxy) is 2. The Hall–Kier alpha value is -1.16. The van der Waals surface area contributed by atoms with Gasteiger partial charge in [0.05, 0.1) is 13.2 Å². The monoisotopic (exact) mass is 379 g/mol. The van der Waals surface area contributed by atoms with Crippen LogP contribution in [0.5, 0.6) is 0 Å². The van der Waals surface area contributed by atoms with Crippen molar-refractivity contribution in [3.05, 3.63) is 11.8 Å². The van der Waals surface area contributed by atoms with Gasteiger partial charge in [0, 0.05) is 6.61 Å². The first-order valence-electron chi connectivity index (χ1n) is 11.1. The van der Waals surface area contributed by atoms with Gasteiger partial charge in [0.2, 0.25) is 0 Å². The summed E-state index contributed by atoms with van der Waals surface area (Å²) in [5.74, 6) is -0.0221. The third kappa shape index (κ3) is 11.3. The molecule has 1 aliphatic carbocycles. The topological polar surface area (TPSA) is 47.9 Å². The highest BCUT2D eigenvalue weighted by Crippen LogP contribution is 2.28. The molecule has 1 rings (SSSR count). The van der Waals surface area contributed by atoms with Crippen LogP contribution in [0, 0.1) is 5.92 Å². The first-order valence-corrected chi connectivity index (χ1v) is 11.1. The Kier molecular flexibility index (Phi) is 14.0. The molecule has 0 aromatic heterocycles. The third-order valence-electron chi connectivity index (χ3n) is 5.53. The van der Waals surface area contributed by atoms with Crippen molar-refractivity contribution >= 4 is 12.7 Å². The quantitative estimate of drug-likeness (QED) is 0.146. The zero-order chi connectivity index (χ0) is 19.7. The highest BCUT2D eigenvalue weighted by Gasteiger charge is 2.21. The molecular formula is C23H41NO3. The summed E-state index contributed by atoms with van der Waals surface area (Å²) >= 11 is 0. The summed E-state index contributed by atoms with van der Waals surface area (Å²) in [7, 11) is 1.37. The van der Waals surface area contributed by atoms with E-state index in [1.807, 2.05) is 6.08 Å². The normalized spacial score (nSPS) is 20.4. The van der Waals surface area contributed by atoms with Crippen molar-refractivity contribution in [2.75, 3.05) is 13.7 Å². The number of methoxy groups -OCH3 is 1. The molecule has 1 saturated carbocycles. The third-order valence-corrected chi connectivity index (χ3v) is 5.53. The summed E-state index contributed by atoms with van der Waals surface area (Å²) in [6, 6.07) is 0. The predicted octanol–water partition coefficient (Wildman–Crippen LogP) is 6.24. The number of esters is 1. The van der Waals surface area contributed by atoms with Crippen molar-refractivity contribution in [1.82, 2.24) is 0 Å². The Morgan fingerprint density at radius 2 is 1.52 bits per heavy atom. The van der Waals surface area contributed by atoms with Crippen LogP contribution < -0.4 is 0 Å². The fraction of sp³-hybridized carbons (Fsp3) is 0.826. The maximum Gasteiger partial charge on any atom is 0.356 e. The Bertz CT molecular complexity index is 425. The van der Waals surface area contributed by atoms with Crippen molar-refractivity contribution in [1.29, 1.82) is 0 Å². The van der Waals surface area contributed by atoms with Gasteiger partial charge < -0.3 is 9.47 Å². The molecule has 0 amide bonds. The van der Waals surface area contributed by atoms with Crippen molar-refractivity contribution in [2.24, 2.45) is 10.9 Å². The highest BCUT2D eigenvalue weighted by atomic mass is 16.5. The lowest BCUT2D eigenvalue weighted by molar-refractivity contribution is -0.136. The molecule has 0 spiro atoms. The molecule has 4 nitrogen and oxygen atoms in total. The van der Waals surface area contributed by atoms with Gasteiger partial charge in [-0.25, -0.2) is 4.79 Å². The van der Waals surface area contributed by atoms with Crippen LogP contribution in [0.15, 0.2) is 16.8 Å². The van der Waals surface area contributed by atoms with Gasteiger partial charge in [-0.1, -0.05) is 64.7 Å². The van der Waals surface area contributed by atoms with Crippen molar-refractivity contribution in [3.63, 3.8) is 0 Å². The van der Waals surface area contributed by atoms with E-state index in [2.05, 4.69) is 18.6 Å². The lowest BCUT2D eigenvalue weighted by Crippen LogP contribution is -2.22. The second kappa shape index (κ2) is 15.9. The summed E-state index contributed by atoms with van der Waals surface area (Å²) < 4.78 is 10.8. The molecule has 0 N–H and O–H groups in total. The number of aliphatic imine (C=N–C) groups is 1. The smallest absolute Gasteiger partial charge is 0.356 e. The molecule has 0 aromatic rings. The number of carbonyl (C=O) groups excluding carboxylic acids is 1. The minimum atomic E-state index is -0.399. The molecule has 156 valence electrons. The standard InChI is InChI=1S/C23H41NO3/c1-4-5-6-7-8-9-10-11-12-13-18-27-21-16-14-20(15-17-21)19-22(24-2)23(25)26-3/h19-21H,2,4-18H2,1,3H3/b22-19-. The van der Waals surface area contributed by atoms with Gasteiger partial charge in [0.1, 0.15) is 5.70 Å². The molecule has 0 aromatic carbocycles. The minimum absolute atomic E-state index is 0.340. The number of unbranched alkanes of at least 4 members (excludes halogenated alkanes) is 9. The summed E-state index contributed by atoms with van der Waals surface area (Å²) in [6.07, 6.45) is 20.1. The number of rotatable bonds is 15. The molecule has 27 heavy (non-hydrogen) atoms. The van der Waals surface area contributed by atoms with Crippen LogP contribution in [0.2, 0.25) is 0 Å². The van der Waals surface area contributed by atoms with E-state index in [9.17, 15) is 4.79 Å². The Morgan fingerprint density at radius 1 is 0.963 bits per heavy atom. The van der Waals surface area contributed by atoms with Gasteiger partial charge in [-0.2, -0.15) is 0 Å². The van der Waals surface area contributed by atoms with Crippen LogP contribution in [0.1, 0.15) is 96.8 Å². The number of hydrogen-bond donors (Lipinski definition) is 0. The highest BCUT2D eigenvalue weighted by molar-refractivity contribution is 5.88. The van der Waals surface area contributed by atoms with E-state index >= 15 is 0 Å². The average Bonchev–Trinajstić information content (AvgIpc) is 2.70. The molecule has 0 heterocycles. The van der Waals surface area contributed by atoms with Crippen LogP contribution >= 0.6 is 0 Å². The SMILES string of the molecule is C=N/C(=C\C1CCC(OCCCCCCCCCCCC)CC1)C(=O)OC. The van der Waals surface area contributed by atoms with Gasteiger partial charge in [0.15, 0.2) is 0 Å². The maximum absolute atomic E-state index is 11.6. The van der Waals surface area contributed by atoms with Gasteiger partial charge >= 0.3 is 5.97 Å². The number of hydrogen-bond acceptors (Lipinski definition) is 4. The molecule has 0 bridgehead atoms. The number of nitrogens with zero attached hydrogens (tertiary/aromatic N) is 1. The first-order chi connectivity index (χ1) is 13.2. The Morgan fingerprint density at radius 3 is 2.04 bits per heavy atom. The zero-order valence-electron chi connectivity index (χ0n) is 17.7. The van der Waals surface area contributed by atoms with Crippen molar-refractivity contribution < 1.29 is 14.3 Å². The number of allylic oxidation sites excluding steroid dienone is 1. The summed E-state index contributed by atoms with van der Waals surface area (Å²) in [5, 5.41) is 0. The molecule has 1 aliphatic rings. The largest absolute Gasteiger partial charge is 0.464 e. The van der Waals surface area contributed by atoms with E-state index in [1.54, 1.807) is 0 Å². The lowest BCUT2D eigenvalue weighted by atomic mass is 9.86. The van der Waals surface area contributed by atoms with Crippen LogP contribution in [0.25, 0.3) is 0 Å². The molecular weight excluding hydrogens is 338 g/mol. The molecule has 0 unspecified atom stereocenters. The van der Waals surface area contributed by atoms with E-state index in [-0.39, 0.29) is 0 Å².